The summed E-state index contributed by atoms with van der Waals surface area (Å²) in [5.74, 6) is 2.05. The molecule has 158 valence electrons. The molecule has 2 heterocycles. The van der Waals surface area contributed by atoms with E-state index in [-0.39, 0.29) is 24.6 Å². The van der Waals surface area contributed by atoms with Gasteiger partial charge >= 0.3 is 5.97 Å². The minimum absolute atomic E-state index is 0.116. The maximum atomic E-state index is 12.9. The number of carbonyl (C=O) groups is 2. The smallest absolute Gasteiger partial charge is 0.314 e. The largest absolute Gasteiger partial charge is 0.497 e. The van der Waals surface area contributed by atoms with E-state index >= 15 is 0 Å². The number of hydrogen-bond acceptors (Lipinski definition) is 7. The Morgan fingerprint density at radius 2 is 1.57 bits per heavy atom. The first-order valence-electron chi connectivity index (χ1n) is 9.71. The van der Waals surface area contributed by atoms with Crippen LogP contribution in [0.2, 0.25) is 0 Å². The van der Waals surface area contributed by atoms with Gasteiger partial charge in [-0.15, -0.1) is 0 Å². The molecule has 2 aromatic carbocycles. The monoisotopic (exact) mass is 413 g/mol. The standard InChI is InChI=1S/C22H23NO7/c1-26-17-9-15(10-18(11-17)27-2)21(24)23-7-5-14(6-8-23)22(25)30-16-3-4-19-20(12-16)29-13-28-19/h3-4,9-12,14H,5-8,13H2,1-2H3. The molecule has 8 nitrogen and oxygen atoms in total. The van der Waals surface area contributed by atoms with E-state index < -0.39 is 0 Å². The van der Waals surface area contributed by atoms with E-state index in [0.717, 1.165) is 0 Å². The highest BCUT2D eigenvalue weighted by Gasteiger charge is 2.30. The van der Waals surface area contributed by atoms with E-state index in [1.807, 2.05) is 0 Å². The van der Waals surface area contributed by atoms with E-state index in [9.17, 15) is 9.59 Å². The number of rotatable bonds is 5. The molecule has 0 radical (unpaired) electrons. The molecule has 2 aliphatic rings. The SMILES string of the molecule is COc1cc(OC)cc(C(=O)N2CCC(C(=O)Oc3ccc4c(c3)OCO4)CC2)c1. The number of hydrogen-bond donors (Lipinski definition) is 0. The second kappa shape index (κ2) is 8.52. The summed E-state index contributed by atoms with van der Waals surface area (Å²) in [6, 6.07) is 10.1. The van der Waals surface area contributed by atoms with Crippen LogP contribution in [0.4, 0.5) is 0 Å². The Morgan fingerprint density at radius 1 is 0.900 bits per heavy atom. The molecule has 2 aromatic rings. The molecule has 0 bridgehead atoms. The highest BCUT2D eigenvalue weighted by atomic mass is 16.7. The van der Waals surface area contributed by atoms with Crippen LogP contribution < -0.4 is 23.7 Å². The average Bonchev–Trinajstić information content (AvgIpc) is 3.26. The van der Waals surface area contributed by atoms with Crippen molar-refractivity contribution in [3.8, 4) is 28.7 Å². The number of amides is 1. The summed E-state index contributed by atoms with van der Waals surface area (Å²) in [4.78, 5) is 27.2. The van der Waals surface area contributed by atoms with E-state index in [4.69, 9.17) is 23.7 Å². The quantitative estimate of drug-likeness (QED) is 0.551. The van der Waals surface area contributed by atoms with Gasteiger partial charge in [0.05, 0.1) is 20.1 Å². The third-order valence-electron chi connectivity index (χ3n) is 5.28. The van der Waals surface area contributed by atoms with Crippen molar-refractivity contribution in [3.05, 3.63) is 42.0 Å². The van der Waals surface area contributed by atoms with Crippen molar-refractivity contribution in [2.24, 2.45) is 5.92 Å². The Kier molecular flexibility index (Phi) is 5.65. The molecule has 4 rings (SSSR count). The van der Waals surface area contributed by atoms with E-state index in [1.165, 1.54) is 0 Å². The van der Waals surface area contributed by atoms with E-state index in [0.29, 0.717) is 60.2 Å². The van der Waals surface area contributed by atoms with Crippen LogP contribution in [0.25, 0.3) is 0 Å². The van der Waals surface area contributed by atoms with Crippen molar-refractivity contribution < 1.29 is 33.3 Å². The fourth-order valence-corrected chi connectivity index (χ4v) is 3.57. The minimum atomic E-state index is -0.302. The van der Waals surface area contributed by atoms with Gasteiger partial charge in [-0.1, -0.05) is 0 Å². The Morgan fingerprint density at radius 3 is 2.23 bits per heavy atom. The number of esters is 1. The third-order valence-corrected chi connectivity index (χ3v) is 5.28. The lowest BCUT2D eigenvalue weighted by Crippen LogP contribution is -2.41. The molecular weight excluding hydrogens is 390 g/mol. The molecule has 0 unspecified atom stereocenters. The van der Waals surface area contributed by atoms with Crippen LogP contribution in [0.15, 0.2) is 36.4 Å². The number of benzene rings is 2. The molecule has 0 aliphatic carbocycles. The fraction of sp³-hybridized carbons (Fsp3) is 0.364. The Labute approximate surface area is 174 Å². The molecule has 1 amide bonds. The predicted molar refractivity (Wildman–Crippen MR) is 106 cm³/mol. The first-order chi connectivity index (χ1) is 14.6. The first-order valence-corrected chi connectivity index (χ1v) is 9.71. The summed E-state index contributed by atoms with van der Waals surface area (Å²) in [6.45, 7) is 1.11. The maximum absolute atomic E-state index is 12.9. The van der Waals surface area contributed by atoms with Gasteiger partial charge in [0.15, 0.2) is 11.5 Å². The molecule has 1 fully saturated rings. The van der Waals surface area contributed by atoms with Gasteiger partial charge in [0.25, 0.3) is 5.91 Å². The van der Waals surface area contributed by atoms with Crippen molar-refractivity contribution in [1.82, 2.24) is 4.90 Å². The average molecular weight is 413 g/mol. The van der Waals surface area contributed by atoms with Crippen LogP contribution in [0.5, 0.6) is 28.7 Å². The maximum Gasteiger partial charge on any atom is 0.314 e. The van der Waals surface area contributed by atoms with Crippen molar-refractivity contribution in [3.63, 3.8) is 0 Å². The van der Waals surface area contributed by atoms with Crippen molar-refractivity contribution >= 4 is 11.9 Å². The summed E-state index contributed by atoms with van der Waals surface area (Å²) >= 11 is 0. The van der Waals surface area contributed by atoms with Crippen LogP contribution in [0.3, 0.4) is 0 Å². The van der Waals surface area contributed by atoms with Gasteiger partial charge in [0.1, 0.15) is 17.2 Å². The number of piperidine rings is 1. The lowest BCUT2D eigenvalue weighted by atomic mass is 9.96. The summed E-state index contributed by atoms with van der Waals surface area (Å²) in [5.41, 5.74) is 0.493. The molecule has 0 aromatic heterocycles. The zero-order valence-corrected chi connectivity index (χ0v) is 16.9. The zero-order chi connectivity index (χ0) is 21.1. The normalized spacial score (nSPS) is 15.6. The summed E-state index contributed by atoms with van der Waals surface area (Å²) in [5, 5.41) is 0. The van der Waals surface area contributed by atoms with E-state index in [1.54, 1.807) is 55.5 Å². The molecule has 0 spiro atoms. The molecule has 0 atom stereocenters. The number of methoxy groups -OCH3 is 2. The number of likely N-dealkylation sites (tertiary alicyclic amines) is 1. The van der Waals surface area contributed by atoms with E-state index in [2.05, 4.69) is 0 Å². The predicted octanol–water partition coefficient (Wildman–Crippen LogP) is 2.89. The molecule has 30 heavy (non-hydrogen) atoms. The van der Waals surface area contributed by atoms with Crippen LogP contribution in [-0.2, 0) is 4.79 Å². The van der Waals surface area contributed by atoms with Gasteiger partial charge in [-0.3, -0.25) is 9.59 Å². The Bertz CT molecular complexity index is 928. The Hall–Kier alpha value is -3.42. The minimum Gasteiger partial charge on any atom is -0.497 e. The van der Waals surface area contributed by atoms with Crippen LogP contribution in [-0.4, -0.2) is 50.9 Å². The lowest BCUT2D eigenvalue weighted by molar-refractivity contribution is -0.140. The van der Waals surface area contributed by atoms with Crippen molar-refractivity contribution in [2.75, 3.05) is 34.1 Å². The van der Waals surface area contributed by atoms with Gasteiger partial charge < -0.3 is 28.6 Å². The molecule has 1 saturated heterocycles. The Balaban J connectivity index is 1.35. The zero-order valence-electron chi connectivity index (χ0n) is 16.9. The third kappa shape index (κ3) is 4.12. The van der Waals surface area contributed by atoms with Crippen LogP contribution >= 0.6 is 0 Å². The molecule has 8 heteroatoms. The second-order valence-corrected chi connectivity index (χ2v) is 7.10. The van der Waals surface area contributed by atoms with Crippen molar-refractivity contribution in [2.45, 2.75) is 12.8 Å². The van der Waals surface area contributed by atoms with Crippen LogP contribution in [0.1, 0.15) is 23.2 Å². The number of fused-ring (bicyclic) bond motifs is 1. The molecule has 0 N–H and O–H groups in total. The highest BCUT2D eigenvalue weighted by molar-refractivity contribution is 5.95. The summed E-state index contributed by atoms with van der Waals surface area (Å²) in [7, 11) is 3.08. The van der Waals surface area contributed by atoms with Gasteiger partial charge in [0, 0.05) is 30.8 Å². The fourth-order valence-electron chi connectivity index (χ4n) is 3.57. The van der Waals surface area contributed by atoms with Crippen LogP contribution in [0, 0.1) is 5.92 Å². The van der Waals surface area contributed by atoms with Gasteiger partial charge in [0.2, 0.25) is 6.79 Å². The van der Waals surface area contributed by atoms with Gasteiger partial charge in [-0.2, -0.15) is 0 Å². The molecular formula is C22H23NO7. The van der Waals surface area contributed by atoms with Gasteiger partial charge in [-0.25, -0.2) is 0 Å². The first kappa shape index (κ1) is 19.9. The highest BCUT2D eigenvalue weighted by Crippen LogP contribution is 2.35. The summed E-state index contributed by atoms with van der Waals surface area (Å²) < 4.78 is 26.6. The lowest BCUT2D eigenvalue weighted by Gasteiger charge is -2.31. The second-order valence-electron chi connectivity index (χ2n) is 7.10. The number of nitrogens with zero attached hydrogens (tertiary/aromatic N) is 1. The number of carbonyl (C=O) groups excluding carboxylic acids is 2. The number of ether oxygens (including phenoxy) is 5. The molecule has 2 aliphatic heterocycles. The van der Waals surface area contributed by atoms with Gasteiger partial charge in [-0.05, 0) is 37.1 Å². The van der Waals surface area contributed by atoms with Crippen molar-refractivity contribution in [1.29, 1.82) is 0 Å². The molecule has 0 saturated carbocycles. The summed E-state index contributed by atoms with van der Waals surface area (Å²) in [6.07, 6.45) is 1.08. The topological polar surface area (TPSA) is 83.5 Å².